The maximum Gasteiger partial charge on any atom is 0.128 e. The average molecular weight is 274 g/mol. The highest BCUT2D eigenvalue weighted by Gasteiger charge is 2.05. The van der Waals surface area contributed by atoms with Crippen LogP contribution in [0.25, 0.3) is 0 Å². The average Bonchev–Trinajstić information content (AvgIpc) is 2.47. The molecule has 110 valence electrons. The van der Waals surface area contributed by atoms with E-state index in [1.807, 2.05) is 13.8 Å². The van der Waals surface area contributed by atoms with Crippen LogP contribution in [0.1, 0.15) is 38.8 Å². The van der Waals surface area contributed by atoms with Gasteiger partial charge in [-0.1, -0.05) is 24.3 Å². The number of aliphatic imine (C=N–C) groups is 2. The number of amidine groups is 2. The molecule has 0 spiro atoms. The molecule has 0 saturated carbocycles. The van der Waals surface area contributed by atoms with Crippen molar-refractivity contribution in [2.24, 2.45) is 9.98 Å². The summed E-state index contributed by atoms with van der Waals surface area (Å²) >= 11 is 0. The highest BCUT2D eigenvalue weighted by Crippen LogP contribution is 2.06. The lowest BCUT2D eigenvalue weighted by Gasteiger charge is -2.11. The molecule has 0 aliphatic rings. The lowest BCUT2D eigenvalue weighted by Crippen LogP contribution is -2.26. The Bertz CT molecular complexity index is 403. The summed E-state index contributed by atoms with van der Waals surface area (Å²) in [5.41, 5.74) is 2.23. The Morgan fingerprint density at radius 3 is 1.35 bits per heavy atom. The molecule has 4 heteroatoms. The van der Waals surface area contributed by atoms with Gasteiger partial charge in [-0.15, -0.1) is 0 Å². The van der Waals surface area contributed by atoms with E-state index in [4.69, 9.17) is 0 Å². The molecule has 0 amide bonds. The monoisotopic (exact) mass is 274 g/mol. The SMILES string of the molecule is CCN=C(NCC)c1ccc(C(=NCC)NCC)cc1. The lowest BCUT2D eigenvalue weighted by molar-refractivity contribution is 0.945. The second kappa shape index (κ2) is 9.13. The zero-order valence-electron chi connectivity index (χ0n) is 13.0. The Labute approximate surface area is 122 Å². The summed E-state index contributed by atoms with van der Waals surface area (Å²) in [4.78, 5) is 8.98. The van der Waals surface area contributed by atoms with Gasteiger partial charge in [0.15, 0.2) is 0 Å². The number of nitrogens with zero attached hydrogens (tertiary/aromatic N) is 2. The summed E-state index contributed by atoms with van der Waals surface area (Å²) < 4.78 is 0. The molecule has 0 fully saturated rings. The number of hydrogen-bond donors (Lipinski definition) is 2. The Morgan fingerprint density at radius 2 is 1.10 bits per heavy atom. The number of nitrogens with one attached hydrogen (secondary N) is 2. The molecule has 1 rings (SSSR count). The second-order valence-corrected chi connectivity index (χ2v) is 4.28. The van der Waals surface area contributed by atoms with E-state index in [0.717, 1.165) is 49.0 Å². The van der Waals surface area contributed by atoms with E-state index in [1.165, 1.54) is 0 Å². The molecular weight excluding hydrogens is 248 g/mol. The van der Waals surface area contributed by atoms with E-state index in [-0.39, 0.29) is 0 Å². The van der Waals surface area contributed by atoms with Crippen LogP contribution in [0.5, 0.6) is 0 Å². The largest absolute Gasteiger partial charge is 0.370 e. The summed E-state index contributed by atoms with van der Waals surface area (Å²) in [6.45, 7) is 11.6. The first-order valence-electron chi connectivity index (χ1n) is 7.44. The van der Waals surface area contributed by atoms with Gasteiger partial charge < -0.3 is 10.6 Å². The first kappa shape index (κ1) is 16.2. The zero-order chi connectivity index (χ0) is 14.8. The van der Waals surface area contributed by atoms with E-state index < -0.39 is 0 Å². The molecule has 0 heterocycles. The van der Waals surface area contributed by atoms with E-state index >= 15 is 0 Å². The molecule has 20 heavy (non-hydrogen) atoms. The van der Waals surface area contributed by atoms with Gasteiger partial charge in [0.25, 0.3) is 0 Å². The second-order valence-electron chi connectivity index (χ2n) is 4.28. The van der Waals surface area contributed by atoms with E-state index in [1.54, 1.807) is 0 Å². The fourth-order valence-corrected chi connectivity index (χ4v) is 1.94. The first-order chi connectivity index (χ1) is 9.76. The maximum atomic E-state index is 4.49. The van der Waals surface area contributed by atoms with Crippen molar-refractivity contribution in [2.75, 3.05) is 26.2 Å². The van der Waals surface area contributed by atoms with Crippen molar-refractivity contribution < 1.29 is 0 Å². The molecule has 0 aliphatic heterocycles. The van der Waals surface area contributed by atoms with Crippen molar-refractivity contribution in [3.8, 4) is 0 Å². The fourth-order valence-electron chi connectivity index (χ4n) is 1.94. The Hall–Kier alpha value is -1.84. The fraction of sp³-hybridized carbons (Fsp3) is 0.500. The van der Waals surface area contributed by atoms with Crippen molar-refractivity contribution in [3.05, 3.63) is 35.4 Å². The van der Waals surface area contributed by atoms with Crippen LogP contribution in [0.4, 0.5) is 0 Å². The Kier molecular flexibility index (Phi) is 7.40. The summed E-state index contributed by atoms with van der Waals surface area (Å²) in [5, 5.41) is 6.61. The number of rotatable bonds is 6. The molecule has 0 unspecified atom stereocenters. The molecule has 0 bridgehead atoms. The van der Waals surface area contributed by atoms with E-state index in [9.17, 15) is 0 Å². The Balaban J connectivity index is 2.97. The molecule has 4 nitrogen and oxygen atoms in total. The third-order valence-corrected chi connectivity index (χ3v) is 2.75. The summed E-state index contributed by atoms with van der Waals surface area (Å²) in [5.74, 6) is 1.91. The van der Waals surface area contributed by atoms with Crippen LogP contribution >= 0.6 is 0 Å². The van der Waals surface area contributed by atoms with Crippen LogP contribution in [0, 0.1) is 0 Å². The topological polar surface area (TPSA) is 48.8 Å². The normalized spacial score (nSPS) is 12.4. The quantitative estimate of drug-likeness (QED) is 0.618. The van der Waals surface area contributed by atoms with Gasteiger partial charge in [0.05, 0.1) is 0 Å². The third kappa shape index (κ3) is 4.68. The van der Waals surface area contributed by atoms with E-state index in [2.05, 4.69) is 58.7 Å². The zero-order valence-corrected chi connectivity index (χ0v) is 13.0. The molecule has 1 aromatic carbocycles. The lowest BCUT2D eigenvalue weighted by atomic mass is 10.1. The Morgan fingerprint density at radius 1 is 0.750 bits per heavy atom. The minimum atomic E-state index is 0.782. The highest BCUT2D eigenvalue weighted by molar-refractivity contribution is 6.02. The minimum Gasteiger partial charge on any atom is -0.370 e. The molecule has 0 saturated heterocycles. The van der Waals surface area contributed by atoms with Gasteiger partial charge in [0.2, 0.25) is 0 Å². The van der Waals surface area contributed by atoms with Crippen molar-refractivity contribution in [1.82, 2.24) is 10.6 Å². The maximum absolute atomic E-state index is 4.49. The molecule has 1 aromatic rings. The molecule has 0 aliphatic carbocycles. The summed E-state index contributed by atoms with van der Waals surface area (Å²) in [7, 11) is 0. The van der Waals surface area contributed by atoms with Gasteiger partial charge in [0.1, 0.15) is 11.7 Å². The number of hydrogen-bond acceptors (Lipinski definition) is 2. The van der Waals surface area contributed by atoms with Gasteiger partial charge in [-0.3, -0.25) is 9.98 Å². The van der Waals surface area contributed by atoms with Crippen LogP contribution in [-0.2, 0) is 0 Å². The van der Waals surface area contributed by atoms with E-state index in [0.29, 0.717) is 0 Å². The van der Waals surface area contributed by atoms with Crippen LogP contribution in [0.15, 0.2) is 34.3 Å². The van der Waals surface area contributed by atoms with Gasteiger partial charge in [0, 0.05) is 37.3 Å². The van der Waals surface area contributed by atoms with Gasteiger partial charge in [-0.25, -0.2) is 0 Å². The molecule has 0 aromatic heterocycles. The highest BCUT2D eigenvalue weighted by atomic mass is 15.0. The summed E-state index contributed by atoms with van der Waals surface area (Å²) in [6, 6.07) is 8.37. The van der Waals surface area contributed by atoms with Crippen LogP contribution in [0.3, 0.4) is 0 Å². The smallest absolute Gasteiger partial charge is 0.128 e. The van der Waals surface area contributed by atoms with Gasteiger partial charge >= 0.3 is 0 Å². The summed E-state index contributed by atoms with van der Waals surface area (Å²) in [6.07, 6.45) is 0. The van der Waals surface area contributed by atoms with Crippen LogP contribution < -0.4 is 10.6 Å². The van der Waals surface area contributed by atoms with Gasteiger partial charge in [-0.05, 0) is 27.7 Å². The van der Waals surface area contributed by atoms with Crippen LogP contribution in [0.2, 0.25) is 0 Å². The molecule has 0 radical (unpaired) electrons. The third-order valence-electron chi connectivity index (χ3n) is 2.75. The van der Waals surface area contributed by atoms with Crippen molar-refractivity contribution in [1.29, 1.82) is 0 Å². The molecule has 0 atom stereocenters. The number of benzene rings is 1. The standard InChI is InChI=1S/C16H26N4/c1-5-17-15(18-6-2)13-9-11-14(12-10-13)16(19-7-3)20-8-4/h9-12H,5-8H2,1-4H3,(H,17,18)(H,19,20). The van der Waals surface area contributed by atoms with Crippen LogP contribution in [-0.4, -0.2) is 37.9 Å². The van der Waals surface area contributed by atoms with Crippen molar-refractivity contribution >= 4 is 11.7 Å². The molecule has 2 N–H and O–H groups in total. The van der Waals surface area contributed by atoms with Gasteiger partial charge in [-0.2, -0.15) is 0 Å². The van der Waals surface area contributed by atoms with Crippen molar-refractivity contribution in [2.45, 2.75) is 27.7 Å². The predicted molar refractivity (Wildman–Crippen MR) is 88.0 cm³/mol. The van der Waals surface area contributed by atoms with Crippen molar-refractivity contribution in [3.63, 3.8) is 0 Å². The predicted octanol–water partition coefficient (Wildman–Crippen LogP) is 2.44. The minimum absolute atomic E-state index is 0.782. The first-order valence-corrected chi connectivity index (χ1v) is 7.44. The molecular formula is C16H26N4.